The van der Waals surface area contributed by atoms with E-state index in [0.717, 1.165) is 27.7 Å². The molecule has 0 aliphatic rings. The first-order valence-corrected chi connectivity index (χ1v) is 6.13. The van der Waals surface area contributed by atoms with Gasteiger partial charge in [0.2, 0.25) is 0 Å². The fourth-order valence-corrected chi connectivity index (χ4v) is 0. The van der Waals surface area contributed by atoms with E-state index in [2.05, 4.69) is 0 Å². The summed E-state index contributed by atoms with van der Waals surface area (Å²) in [6.07, 6.45) is -5.37. The van der Waals surface area contributed by atoms with Gasteiger partial charge in [-0.25, -0.2) is 0 Å². The van der Waals surface area contributed by atoms with Crippen LogP contribution in [0.5, 0.6) is 0 Å². The predicted molar refractivity (Wildman–Crippen MR) is 72.5 cm³/mol. The van der Waals surface area contributed by atoms with Crippen molar-refractivity contribution in [3.8, 4) is 0 Å². The second-order valence-electron chi connectivity index (χ2n) is 3.98. The van der Waals surface area contributed by atoms with Crippen LogP contribution in [0.15, 0.2) is 0 Å². The number of aliphatic carboxylic acids is 4. The Kier molecular flexibility index (Phi) is 37.4. The molecule has 26 heavy (non-hydrogen) atoms. The van der Waals surface area contributed by atoms with Gasteiger partial charge >= 0.3 is 46.9 Å². The molecule has 12 nitrogen and oxygen atoms in total. The largest absolute Gasteiger partial charge is 3.00 e. The van der Waals surface area contributed by atoms with Crippen LogP contribution in [-0.4, -0.2) is 86.1 Å². The molecule has 4 unspecified atom stereocenters. The third-order valence-corrected chi connectivity index (χ3v) is 1.36. The first kappa shape index (κ1) is 40.1. The van der Waals surface area contributed by atoms with E-state index in [0.29, 0.717) is 0 Å². The fourth-order valence-electron chi connectivity index (χ4n) is 0. The summed E-state index contributed by atoms with van der Waals surface area (Å²) in [6, 6.07) is 0. The molecular formula is C12H20AlNaO12. The molecule has 4 atom stereocenters. The average molecular weight is 406 g/mol. The van der Waals surface area contributed by atoms with Gasteiger partial charge in [-0.15, -0.1) is 0 Å². The van der Waals surface area contributed by atoms with Crippen LogP contribution in [0.2, 0.25) is 0 Å². The summed E-state index contributed by atoms with van der Waals surface area (Å²) < 4.78 is 0. The van der Waals surface area contributed by atoms with E-state index in [-0.39, 0.29) is 46.9 Å². The number of carboxylic acids is 4. The van der Waals surface area contributed by atoms with Gasteiger partial charge in [-0.05, 0) is 27.7 Å². The van der Waals surface area contributed by atoms with E-state index < -0.39 is 48.3 Å². The zero-order valence-corrected chi connectivity index (χ0v) is 18.1. The molecule has 0 aromatic heterocycles. The van der Waals surface area contributed by atoms with Gasteiger partial charge < -0.3 is 60.0 Å². The van der Waals surface area contributed by atoms with Gasteiger partial charge in [-0.3, -0.25) is 0 Å². The second-order valence-corrected chi connectivity index (χ2v) is 3.98. The molecule has 0 aromatic rings. The van der Waals surface area contributed by atoms with Crippen molar-refractivity contribution in [1.29, 1.82) is 0 Å². The molecular weight excluding hydrogens is 386 g/mol. The summed E-state index contributed by atoms with van der Waals surface area (Å²) >= 11 is 0. The quantitative estimate of drug-likeness (QED) is 0.318. The Hall–Kier alpha value is -0.748. The van der Waals surface area contributed by atoms with Gasteiger partial charge in [0.05, 0.1) is 48.3 Å². The maximum absolute atomic E-state index is 9.34. The Balaban J connectivity index is -0.0000000500. The van der Waals surface area contributed by atoms with E-state index in [1.807, 2.05) is 0 Å². The Morgan fingerprint density at radius 3 is 0.577 bits per heavy atom. The van der Waals surface area contributed by atoms with Crippen LogP contribution in [0.4, 0.5) is 0 Å². The molecule has 0 fully saturated rings. The van der Waals surface area contributed by atoms with Gasteiger partial charge in [-0.1, -0.05) is 0 Å². The summed E-state index contributed by atoms with van der Waals surface area (Å²) in [5, 5.41) is 69.2. The van der Waals surface area contributed by atoms with Gasteiger partial charge in [0, 0.05) is 0 Å². The topological polar surface area (TPSA) is 241 Å². The van der Waals surface area contributed by atoms with Crippen molar-refractivity contribution >= 4 is 41.2 Å². The normalized spacial score (nSPS) is 12.6. The van der Waals surface area contributed by atoms with Crippen LogP contribution in [0.1, 0.15) is 27.7 Å². The summed E-state index contributed by atoms with van der Waals surface area (Å²) in [4.78, 5) is 37.4. The zero-order chi connectivity index (χ0) is 20.6. The average Bonchev–Trinajstić information content (AvgIpc) is 2.40. The van der Waals surface area contributed by atoms with E-state index in [1.54, 1.807) is 0 Å². The minimum atomic E-state index is -1.44. The van der Waals surface area contributed by atoms with Gasteiger partial charge in [-0.2, -0.15) is 0 Å². The molecule has 0 rings (SSSR count). The maximum Gasteiger partial charge on any atom is 3.00 e. The molecule has 0 saturated heterocycles. The van der Waals surface area contributed by atoms with Gasteiger partial charge in [0.15, 0.2) is 0 Å². The number of carbonyl (C=O) groups excluding carboxylic acids is 4. The molecule has 0 aliphatic heterocycles. The standard InChI is InChI=1S/4C3H6O3.Al.Na/c4*1-2(4)3(5)6;;/h4*2,4H,1H3,(H,5,6);;/q;;;;+3;+1/p-4. The summed E-state index contributed by atoms with van der Waals surface area (Å²) in [6.45, 7) is 4.54. The van der Waals surface area contributed by atoms with Gasteiger partial charge in [0.1, 0.15) is 0 Å². The fraction of sp³-hybridized carbons (Fsp3) is 0.667. The van der Waals surface area contributed by atoms with Crippen molar-refractivity contribution in [2.45, 2.75) is 52.1 Å². The number of hydrogen-bond acceptors (Lipinski definition) is 12. The second kappa shape index (κ2) is 24.3. The summed E-state index contributed by atoms with van der Waals surface area (Å²) in [5.74, 6) is -5.74. The number of carboxylic acid groups (broad SMARTS) is 4. The van der Waals surface area contributed by atoms with Crippen LogP contribution >= 0.6 is 0 Å². The van der Waals surface area contributed by atoms with E-state index >= 15 is 0 Å². The number of aliphatic hydroxyl groups is 4. The molecule has 0 heterocycles. The molecule has 0 amide bonds. The number of rotatable bonds is 4. The van der Waals surface area contributed by atoms with Crippen LogP contribution in [0.25, 0.3) is 0 Å². The molecule has 0 aliphatic carbocycles. The van der Waals surface area contributed by atoms with E-state index in [9.17, 15) is 39.6 Å². The SMILES string of the molecule is CC(O)C(=O)[O-].CC(O)C(=O)[O-].CC(O)C(=O)[O-].CC(O)C(=O)[O-].[Al+3].[Na+]. The van der Waals surface area contributed by atoms with E-state index in [1.165, 1.54) is 0 Å². The van der Waals surface area contributed by atoms with Crippen LogP contribution < -0.4 is 50.0 Å². The molecule has 144 valence electrons. The van der Waals surface area contributed by atoms with Gasteiger partial charge in [0.25, 0.3) is 0 Å². The summed E-state index contributed by atoms with van der Waals surface area (Å²) in [7, 11) is 0. The van der Waals surface area contributed by atoms with Crippen LogP contribution in [0, 0.1) is 0 Å². The number of aliphatic hydroxyl groups excluding tert-OH is 4. The van der Waals surface area contributed by atoms with Crippen molar-refractivity contribution in [2.24, 2.45) is 0 Å². The summed E-state index contributed by atoms with van der Waals surface area (Å²) in [5.41, 5.74) is 0. The number of carbonyl (C=O) groups is 4. The zero-order valence-electron chi connectivity index (χ0n) is 14.9. The Labute approximate surface area is 182 Å². The Bertz CT molecular complexity index is 312. The Morgan fingerprint density at radius 1 is 0.538 bits per heavy atom. The van der Waals surface area contributed by atoms with E-state index in [4.69, 9.17) is 20.4 Å². The minimum absolute atomic E-state index is 0. The van der Waals surface area contributed by atoms with Crippen LogP contribution in [-0.2, 0) is 19.2 Å². The van der Waals surface area contributed by atoms with Crippen molar-refractivity contribution in [3.63, 3.8) is 0 Å². The van der Waals surface area contributed by atoms with Crippen LogP contribution in [0.3, 0.4) is 0 Å². The molecule has 4 N–H and O–H groups in total. The molecule has 0 aromatic carbocycles. The van der Waals surface area contributed by atoms with Crippen molar-refractivity contribution in [2.75, 3.05) is 0 Å². The van der Waals surface area contributed by atoms with Crippen molar-refractivity contribution in [3.05, 3.63) is 0 Å². The third-order valence-electron chi connectivity index (χ3n) is 1.36. The maximum atomic E-state index is 9.34. The minimum Gasteiger partial charge on any atom is -0.547 e. The van der Waals surface area contributed by atoms with Crippen molar-refractivity contribution < 1.29 is 89.6 Å². The van der Waals surface area contributed by atoms with Crippen molar-refractivity contribution in [1.82, 2.24) is 0 Å². The first-order chi connectivity index (χ1) is 10.6. The third kappa shape index (κ3) is 49.5. The Morgan fingerprint density at radius 2 is 0.577 bits per heavy atom. The molecule has 0 bridgehead atoms. The smallest absolute Gasteiger partial charge is 0.547 e. The molecule has 0 spiro atoms. The first-order valence-electron chi connectivity index (χ1n) is 6.13. The number of hydrogen-bond donors (Lipinski definition) is 4. The monoisotopic (exact) mass is 406 g/mol. The molecule has 0 saturated carbocycles. The molecule has 0 radical (unpaired) electrons. The predicted octanol–water partition coefficient (Wildman–Crippen LogP) is -10.9. The molecule has 14 heteroatoms.